The minimum Gasteiger partial charge on any atom is -0.333 e. The van der Waals surface area contributed by atoms with Gasteiger partial charge < -0.3 is 9.88 Å². The number of nitrogens with one attached hydrogen (secondary N) is 1. The van der Waals surface area contributed by atoms with Gasteiger partial charge in [-0.05, 0) is 6.42 Å². The molecule has 0 bridgehead atoms. The van der Waals surface area contributed by atoms with Crippen molar-refractivity contribution in [2.75, 3.05) is 11.4 Å². The number of H-pyrrole nitrogens is 1. The number of hydrogen-bond acceptors (Lipinski definition) is 4. The molecular weight excluding hydrogens is 336 g/mol. The Kier molecular flexibility index (Phi) is 3.52. The standard InChI is InChI=1S/C15H13F2N5OS/c1-21-7-8(6-18-21)22-3-2-13(14(22)23)24-15-19-11-4-9(16)10(17)5-12(11)20-15/h4-7,13H,2-3H2,1H3,(H,19,20)/t13-/m0/s1. The van der Waals surface area contributed by atoms with E-state index in [-0.39, 0.29) is 11.2 Å². The van der Waals surface area contributed by atoms with E-state index in [0.29, 0.717) is 29.2 Å². The molecule has 9 heteroatoms. The number of nitrogens with zero attached hydrogens (tertiary/aromatic N) is 4. The predicted molar refractivity (Wildman–Crippen MR) is 85.8 cm³/mol. The fraction of sp³-hybridized carbons (Fsp3) is 0.267. The van der Waals surface area contributed by atoms with E-state index >= 15 is 0 Å². The first-order valence-electron chi connectivity index (χ1n) is 7.33. The van der Waals surface area contributed by atoms with Crippen molar-refractivity contribution in [3.63, 3.8) is 0 Å². The number of amides is 1. The van der Waals surface area contributed by atoms with E-state index in [0.717, 1.165) is 17.8 Å². The summed E-state index contributed by atoms with van der Waals surface area (Å²) < 4.78 is 28.2. The lowest BCUT2D eigenvalue weighted by molar-refractivity contribution is -0.116. The van der Waals surface area contributed by atoms with E-state index in [2.05, 4.69) is 15.1 Å². The van der Waals surface area contributed by atoms with Crippen LogP contribution in [-0.4, -0.2) is 37.5 Å². The molecule has 0 radical (unpaired) electrons. The van der Waals surface area contributed by atoms with Gasteiger partial charge in [0, 0.05) is 31.9 Å². The van der Waals surface area contributed by atoms with Crippen LogP contribution in [0.15, 0.2) is 29.7 Å². The van der Waals surface area contributed by atoms with Crippen LogP contribution in [0.3, 0.4) is 0 Å². The Balaban J connectivity index is 1.54. The second-order valence-electron chi connectivity index (χ2n) is 5.58. The third kappa shape index (κ3) is 2.54. The first-order chi connectivity index (χ1) is 11.5. The highest BCUT2D eigenvalue weighted by Crippen LogP contribution is 2.32. The summed E-state index contributed by atoms with van der Waals surface area (Å²) in [6, 6.07) is 2.11. The van der Waals surface area contributed by atoms with Gasteiger partial charge in [0.1, 0.15) is 0 Å². The van der Waals surface area contributed by atoms with Gasteiger partial charge in [0.05, 0.1) is 28.2 Å². The van der Waals surface area contributed by atoms with Gasteiger partial charge in [0.2, 0.25) is 5.91 Å². The van der Waals surface area contributed by atoms with Crippen molar-refractivity contribution < 1.29 is 13.6 Å². The summed E-state index contributed by atoms with van der Waals surface area (Å²) in [5.41, 5.74) is 1.51. The van der Waals surface area contributed by atoms with E-state index in [1.807, 2.05) is 0 Å². The summed E-state index contributed by atoms with van der Waals surface area (Å²) in [7, 11) is 1.79. The number of anilines is 1. The van der Waals surface area contributed by atoms with Crippen molar-refractivity contribution in [3.8, 4) is 0 Å². The monoisotopic (exact) mass is 349 g/mol. The van der Waals surface area contributed by atoms with Crippen LogP contribution >= 0.6 is 11.8 Å². The Hall–Kier alpha value is -2.42. The second-order valence-corrected chi connectivity index (χ2v) is 6.77. The average Bonchev–Trinajstić information content (AvgIpc) is 3.21. The zero-order valence-corrected chi connectivity index (χ0v) is 13.5. The van der Waals surface area contributed by atoms with Gasteiger partial charge in [0.25, 0.3) is 0 Å². The van der Waals surface area contributed by atoms with Gasteiger partial charge in [-0.15, -0.1) is 0 Å². The first kappa shape index (κ1) is 15.1. The van der Waals surface area contributed by atoms with E-state index in [9.17, 15) is 13.6 Å². The molecule has 1 N–H and O–H groups in total. The smallest absolute Gasteiger partial charge is 0.240 e. The van der Waals surface area contributed by atoms with Crippen molar-refractivity contribution in [1.29, 1.82) is 0 Å². The summed E-state index contributed by atoms with van der Waals surface area (Å²) in [5.74, 6) is -1.89. The molecule has 3 heterocycles. The SMILES string of the molecule is Cn1cc(N2CC[C@H](Sc3nc4cc(F)c(F)cc4[nH]3)C2=O)cn1. The highest BCUT2D eigenvalue weighted by molar-refractivity contribution is 8.00. The molecule has 1 atom stereocenters. The number of thioether (sulfide) groups is 1. The molecule has 124 valence electrons. The van der Waals surface area contributed by atoms with E-state index in [1.54, 1.807) is 29.0 Å². The van der Waals surface area contributed by atoms with E-state index < -0.39 is 11.6 Å². The van der Waals surface area contributed by atoms with Crippen LogP contribution in [0.1, 0.15) is 6.42 Å². The molecule has 0 saturated carbocycles. The van der Waals surface area contributed by atoms with Crippen LogP contribution in [0.5, 0.6) is 0 Å². The highest BCUT2D eigenvalue weighted by atomic mass is 32.2. The first-order valence-corrected chi connectivity index (χ1v) is 8.20. The number of carbonyl (C=O) groups is 1. The third-order valence-corrected chi connectivity index (χ3v) is 5.05. The van der Waals surface area contributed by atoms with E-state index in [4.69, 9.17) is 0 Å². The van der Waals surface area contributed by atoms with Gasteiger partial charge in [-0.25, -0.2) is 13.8 Å². The normalized spacial score (nSPS) is 18.0. The molecule has 0 aliphatic carbocycles. The summed E-state index contributed by atoms with van der Waals surface area (Å²) >= 11 is 1.27. The molecule has 24 heavy (non-hydrogen) atoms. The molecule has 0 unspecified atom stereocenters. The molecule has 1 aromatic carbocycles. The molecule has 1 saturated heterocycles. The molecule has 1 aliphatic heterocycles. The third-order valence-electron chi connectivity index (χ3n) is 3.92. The number of fused-ring (bicyclic) bond motifs is 1. The lowest BCUT2D eigenvalue weighted by atomic mass is 10.3. The van der Waals surface area contributed by atoms with Gasteiger partial charge in [-0.1, -0.05) is 11.8 Å². The zero-order chi connectivity index (χ0) is 16.8. The number of rotatable bonds is 3. The van der Waals surface area contributed by atoms with Gasteiger partial charge in [-0.3, -0.25) is 9.48 Å². The average molecular weight is 349 g/mol. The summed E-state index contributed by atoms with van der Waals surface area (Å²) in [6.07, 6.45) is 4.10. The summed E-state index contributed by atoms with van der Waals surface area (Å²) in [6.45, 7) is 0.603. The number of benzene rings is 1. The van der Waals surface area contributed by atoms with Crippen molar-refractivity contribution in [2.45, 2.75) is 16.8 Å². The van der Waals surface area contributed by atoms with Crippen LogP contribution in [0.2, 0.25) is 0 Å². The van der Waals surface area contributed by atoms with Gasteiger partial charge in [-0.2, -0.15) is 5.10 Å². The Morgan fingerprint density at radius 1 is 1.33 bits per heavy atom. The van der Waals surface area contributed by atoms with Gasteiger partial charge >= 0.3 is 0 Å². The number of aromatic amines is 1. The number of aromatic nitrogens is 4. The fourth-order valence-corrected chi connectivity index (χ4v) is 3.78. The molecule has 1 fully saturated rings. The lowest BCUT2D eigenvalue weighted by Crippen LogP contribution is -2.27. The summed E-state index contributed by atoms with van der Waals surface area (Å²) in [4.78, 5) is 21.4. The van der Waals surface area contributed by atoms with Crippen LogP contribution in [0.4, 0.5) is 14.5 Å². The quantitative estimate of drug-likeness (QED) is 0.789. The molecule has 1 aliphatic rings. The van der Waals surface area contributed by atoms with Crippen molar-refractivity contribution >= 4 is 34.4 Å². The van der Waals surface area contributed by atoms with Gasteiger partial charge in [0.15, 0.2) is 16.8 Å². The largest absolute Gasteiger partial charge is 0.333 e. The Morgan fingerprint density at radius 3 is 2.88 bits per heavy atom. The number of aryl methyl sites for hydroxylation is 1. The van der Waals surface area contributed by atoms with E-state index in [1.165, 1.54) is 11.8 Å². The number of halogens is 2. The van der Waals surface area contributed by atoms with Crippen molar-refractivity contribution in [3.05, 3.63) is 36.2 Å². The Bertz CT molecular complexity index is 898. The topological polar surface area (TPSA) is 66.8 Å². The van der Waals surface area contributed by atoms with Crippen molar-refractivity contribution in [1.82, 2.24) is 19.7 Å². The highest BCUT2D eigenvalue weighted by Gasteiger charge is 2.34. The molecule has 2 aromatic heterocycles. The van der Waals surface area contributed by atoms with Crippen LogP contribution in [0.25, 0.3) is 11.0 Å². The number of carbonyl (C=O) groups excluding carboxylic acids is 1. The number of hydrogen-bond donors (Lipinski definition) is 1. The second kappa shape index (κ2) is 5.59. The van der Waals surface area contributed by atoms with Crippen molar-refractivity contribution in [2.24, 2.45) is 7.05 Å². The number of imidazole rings is 1. The minimum absolute atomic E-state index is 0.0224. The molecule has 3 aromatic rings. The Labute approximate surface area is 139 Å². The molecule has 1 amide bonds. The summed E-state index contributed by atoms with van der Waals surface area (Å²) in [5, 5.41) is 4.26. The Morgan fingerprint density at radius 2 is 2.12 bits per heavy atom. The zero-order valence-electron chi connectivity index (χ0n) is 12.7. The molecule has 4 rings (SSSR count). The fourth-order valence-electron chi connectivity index (χ4n) is 2.74. The van der Waals surface area contributed by atoms with Crippen LogP contribution < -0.4 is 4.90 Å². The maximum absolute atomic E-state index is 13.3. The molecule has 0 spiro atoms. The maximum atomic E-state index is 13.3. The van der Waals surface area contributed by atoms with Crippen LogP contribution in [-0.2, 0) is 11.8 Å². The lowest BCUT2D eigenvalue weighted by Gasteiger charge is -2.13. The molecule has 6 nitrogen and oxygen atoms in total. The van der Waals surface area contributed by atoms with Crippen LogP contribution in [0, 0.1) is 11.6 Å². The molecular formula is C15H13F2N5OS. The maximum Gasteiger partial charge on any atom is 0.240 e. The minimum atomic E-state index is -0.940. The predicted octanol–water partition coefficient (Wildman–Crippen LogP) is 2.47.